The quantitative estimate of drug-likeness (QED) is 0.832. The van der Waals surface area contributed by atoms with Gasteiger partial charge in [-0.15, -0.1) is 0 Å². The molecule has 0 aliphatic carbocycles. The van der Waals surface area contributed by atoms with Crippen molar-refractivity contribution in [2.75, 3.05) is 5.73 Å². The molecular formula is C15H14N2O. The number of nitrogen functional groups attached to an aromatic ring is 1. The standard InChI is InChI=1S/C15H14N2O/c1-2-12-5-3-4-6-14(12)18-15-9-11(10-16)7-8-13(15)17/h3-9H,2,17H2,1H3. The molecule has 18 heavy (non-hydrogen) atoms. The summed E-state index contributed by atoms with van der Waals surface area (Å²) in [5, 5.41) is 8.87. The molecule has 0 unspecified atom stereocenters. The van der Waals surface area contributed by atoms with Crippen LogP contribution in [0.25, 0.3) is 0 Å². The third kappa shape index (κ3) is 2.44. The number of benzene rings is 2. The number of nitrogens with two attached hydrogens (primary N) is 1. The number of aryl methyl sites for hydroxylation is 1. The zero-order valence-electron chi connectivity index (χ0n) is 10.2. The molecule has 0 fully saturated rings. The van der Waals surface area contributed by atoms with Gasteiger partial charge in [-0.2, -0.15) is 5.26 Å². The van der Waals surface area contributed by atoms with E-state index in [4.69, 9.17) is 15.7 Å². The number of para-hydroxylation sites is 1. The van der Waals surface area contributed by atoms with Crippen LogP contribution >= 0.6 is 0 Å². The Kier molecular flexibility index (Phi) is 3.49. The number of rotatable bonds is 3. The van der Waals surface area contributed by atoms with E-state index in [1.165, 1.54) is 0 Å². The second-order valence-corrected chi connectivity index (χ2v) is 3.93. The van der Waals surface area contributed by atoms with E-state index >= 15 is 0 Å². The number of nitrogens with zero attached hydrogens (tertiary/aromatic N) is 1. The molecule has 0 spiro atoms. The molecule has 0 heterocycles. The number of anilines is 1. The third-order valence-electron chi connectivity index (χ3n) is 2.72. The lowest BCUT2D eigenvalue weighted by molar-refractivity contribution is 0.479. The predicted molar refractivity (Wildman–Crippen MR) is 71.5 cm³/mol. The average Bonchev–Trinajstić information content (AvgIpc) is 2.42. The molecule has 90 valence electrons. The van der Waals surface area contributed by atoms with Crippen LogP contribution in [0, 0.1) is 11.3 Å². The summed E-state index contributed by atoms with van der Waals surface area (Å²) < 4.78 is 5.80. The fourth-order valence-electron chi connectivity index (χ4n) is 1.71. The van der Waals surface area contributed by atoms with E-state index in [0.29, 0.717) is 17.0 Å². The molecule has 3 nitrogen and oxygen atoms in total. The second-order valence-electron chi connectivity index (χ2n) is 3.93. The fourth-order valence-corrected chi connectivity index (χ4v) is 1.71. The Labute approximate surface area is 106 Å². The van der Waals surface area contributed by atoms with Crippen molar-refractivity contribution in [1.82, 2.24) is 0 Å². The molecule has 2 aromatic rings. The van der Waals surface area contributed by atoms with Crippen LogP contribution in [0.3, 0.4) is 0 Å². The van der Waals surface area contributed by atoms with E-state index in [2.05, 4.69) is 13.0 Å². The lowest BCUT2D eigenvalue weighted by Gasteiger charge is -2.11. The molecule has 0 saturated carbocycles. The Bertz CT molecular complexity index is 600. The van der Waals surface area contributed by atoms with Gasteiger partial charge in [0.25, 0.3) is 0 Å². The topological polar surface area (TPSA) is 59.0 Å². The van der Waals surface area contributed by atoms with Crippen molar-refractivity contribution in [3.05, 3.63) is 53.6 Å². The minimum Gasteiger partial charge on any atom is -0.455 e. The third-order valence-corrected chi connectivity index (χ3v) is 2.72. The first kappa shape index (κ1) is 12.0. The maximum Gasteiger partial charge on any atom is 0.151 e. The molecule has 0 aliphatic rings. The maximum absolute atomic E-state index is 8.87. The molecule has 0 aliphatic heterocycles. The molecular weight excluding hydrogens is 224 g/mol. The van der Waals surface area contributed by atoms with Gasteiger partial charge >= 0.3 is 0 Å². The Balaban J connectivity index is 2.37. The van der Waals surface area contributed by atoms with Crippen LogP contribution < -0.4 is 10.5 Å². The Morgan fingerprint density at radius 3 is 2.67 bits per heavy atom. The molecule has 3 heteroatoms. The van der Waals surface area contributed by atoms with Crippen molar-refractivity contribution in [3.8, 4) is 17.6 Å². The van der Waals surface area contributed by atoms with Crippen molar-refractivity contribution in [1.29, 1.82) is 5.26 Å². The van der Waals surface area contributed by atoms with Crippen LogP contribution in [0.2, 0.25) is 0 Å². The van der Waals surface area contributed by atoms with Gasteiger partial charge in [0.15, 0.2) is 5.75 Å². The van der Waals surface area contributed by atoms with Crippen LogP contribution in [0.1, 0.15) is 18.1 Å². The van der Waals surface area contributed by atoms with Crippen molar-refractivity contribution in [2.24, 2.45) is 0 Å². The van der Waals surface area contributed by atoms with E-state index in [0.717, 1.165) is 17.7 Å². The van der Waals surface area contributed by atoms with Crippen molar-refractivity contribution in [3.63, 3.8) is 0 Å². The van der Waals surface area contributed by atoms with Gasteiger partial charge in [-0.3, -0.25) is 0 Å². The zero-order valence-corrected chi connectivity index (χ0v) is 10.2. The maximum atomic E-state index is 8.87. The van der Waals surface area contributed by atoms with Crippen molar-refractivity contribution in [2.45, 2.75) is 13.3 Å². The second kappa shape index (κ2) is 5.24. The molecule has 0 saturated heterocycles. The van der Waals surface area contributed by atoms with Gasteiger partial charge in [0.05, 0.1) is 17.3 Å². The molecule has 0 aromatic heterocycles. The van der Waals surface area contributed by atoms with E-state index in [1.54, 1.807) is 18.2 Å². The van der Waals surface area contributed by atoms with E-state index < -0.39 is 0 Å². The average molecular weight is 238 g/mol. The summed E-state index contributed by atoms with van der Waals surface area (Å²) in [5.74, 6) is 1.30. The van der Waals surface area contributed by atoms with Crippen molar-refractivity contribution < 1.29 is 4.74 Å². The molecule has 0 atom stereocenters. The highest BCUT2D eigenvalue weighted by atomic mass is 16.5. The first-order valence-electron chi connectivity index (χ1n) is 5.80. The Hall–Kier alpha value is -2.47. The summed E-state index contributed by atoms with van der Waals surface area (Å²) in [6.45, 7) is 2.07. The van der Waals surface area contributed by atoms with Crippen molar-refractivity contribution >= 4 is 5.69 Å². The van der Waals surface area contributed by atoms with Gasteiger partial charge in [0, 0.05) is 6.07 Å². The lowest BCUT2D eigenvalue weighted by Crippen LogP contribution is -1.95. The van der Waals surface area contributed by atoms with E-state index in [1.807, 2.05) is 24.3 Å². The van der Waals surface area contributed by atoms with Gasteiger partial charge in [0.1, 0.15) is 5.75 Å². The Morgan fingerprint density at radius 2 is 1.94 bits per heavy atom. The van der Waals surface area contributed by atoms with Crippen LogP contribution in [-0.2, 0) is 6.42 Å². The van der Waals surface area contributed by atoms with Gasteiger partial charge < -0.3 is 10.5 Å². The van der Waals surface area contributed by atoms with E-state index in [9.17, 15) is 0 Å². The first-order valence-corrected chi connectivity index (χ1v) is 5.80. The predicted octanol–water partition coefficient (Wildman–Crippen LogP) is 3.50. The molecule has 0 bridgehead atoms. The summed E-state index contributed by atoms with van der Waals surface area (Å²) in [6.07, 6.45) is 0.883. The summed E-state index contributed by atoms with van der Waals surface area (Å²) in [6, 6.07) is 14.9. The van der Waals surface area contributed by atoms with Gasteiger partial charge in [-0.05, 0) is 30.2 Å². The van der Waals surface area contributed by atoms with E-state index in [-0.39, 0.29) is 0 Å². The number of hydrogen-bond donors (Lipinski definition) is 1. The largest absolute Gasteiger partial charge is 0.455 e. The highest BCUT2D eigenvalue weighted by Crippen LogP contribution is 2.30. The molecule has 2 aromatic carbocycles. The molecule has 2 rings (SSSR count). The summed E-state index contributed by atoms with van der Waals surface area (Å²) >= 11 is 0. The van der Waals surface area contributed by atoms with Gasteiger partial charge in [-0.25, -0.2) is 0 Å². The minimum atomic E-state index is 0.523. The minimum absolute atomic E-state index is 0.523. The first-order chi connectivity index (χ1) is 8.74. The highest BCUT2D eigenvalue weighted by molar-refractivity contribution is 5.57. The fraction of sp³-hybridized carbons (Fsp3) is 0.133. The molecule has 2 N–H and O–H groups in total. The number of ether oxygens (including phenoxy) is 1. The number of hydrogen-bond acceptors (Lipinski definition) is 3. The summed E-state index contributed by atoms with van der Waals surface area (Å²) in [5.41, 5.74) is 8.02. The van der Waals surface area contributed by atoms with Gasteiger partial charge in [-0.1, -0.05) is 25.1 Å². The zero-order chi connectivity index (χ0) is 13.0. The smallest absolute Gasteiger partial charge is 0.151 e. The highest BCUT2D eigenvalue weighted by Gasteiger charge is 2.06. The normalized spacial score (nSPS) is 9.78. The van der Waals surface area contributed by atoms with Crippen LogP contribution in [0.5, 0.6) is 11.5 Å². The monoisotopic (exact) mass is 238 g/mol. The van der Waals surface area contributed by atoms with Crippen LogP contribution in [-0.4, -0.2) is 0 Å². The summed E-state index contributed by atoms with van der Waals surface area (Å²) in [4.78, 5) is 0. The molecule has 0 radical (unpaired) electrons. The Morgan fingerprint density at radius 1 is 1.17 bits per heavy atom. The molecule has 0 amide bonds. The lowest BCUT2D eigenvalue weighted by atomic mass is 10.1. The van der Waals surface area contributed by atoms with Crippen LogP contribution in [0.15, 0.2) is 42.5 Å². The summed E-state index contributed by atoms with van der Waals surface area (Å²) in [7, 11) is 0. The van der Waals surface area contributed by atoms with Crippen LogP contribution in [0.4, 0.5) is 5.69 Å². The SMILES string of the molecule is CCc1ccccc1Oc1cc(C#N)ccc1N. The number of nitriles is 1. The van der Waals surface area contributed by atoms with Gasteiger partial charge in [0.2, 0.25) is 0 Å².